The lowest BCUT2D eigenvalue weighted by molar-refractivity contribution is -0.157. The first kappa shape index (κ1) is 27.0. The van der Waals surface area contributed by atoms with Crippen molar-refractivity contribution < 1.29 is 22.7 Å². The van der Waals surface area contributed by atoms with E-state index in [4.69, 9.17) is 16.3 Å². The highest BCUT2D eigenvalue weighted by Gasteiger charge is 2.34. The third-order valence-corrected chi connectivity index (χ3v) is 9.71. The minimum atomic E-state index is -3.71. The van der Waals surface area contributed by atoms with E-state index in [2.05, 4.69) is 10.3 Å². The number of ether oxygens (including phenoxy) is 1. The molecule has 5 rings (SSSR count). The number of sulfonamides is 1. The first-order chi connectivity index (χ1) is 17.9. The topological polar surface area (TPSA) is 109 Å². The summed E-state index contributed by atoms with van der Waals surface area (Å²) in [5.74, 6) is -0.561. The number of fused-ring (bicyclic) bond motifs is 2. The number of benzene rings is 2. The average Bonchev–Trinajstić information content (AvgIpc) is 3.30. The van der Waals surface area contributed by atoms with Crippen molar-refractivity contribution in [2.24, 2.45) is 0 Å². The molecule has 1 aromatic heterocycles. The molecule has 0 aliphatic carbocycles. The van der Waals surface area contributed by atoms with Gasteiger partial charge in [0.25, 0.3) is 5.91 Å². The molecule has 1 unspecified atom stereocenters. The van der Waals surface area contributed by atoms with Gasteiger partial charge in [0.05, 0.1) is 10.6 Å². The van der Waals surface area contributed by atoms with Gasteiger partial charge >= 0.3 is 5.97 Å². The summed E-state index contributed by atoms with van der Waals surface area (Å²) >= 11 is 7.35. The lowest BCUT2D eigenvalue weighted by Gasteiger charge is -2.33. The number of rotatable bonds is 4. The molecule has 0 saturated carbocycles. The Morgan fingerprint density at radius 2 is 1.76 bits per heavy atom. The van der Waals surface area contributed by atoms with Gasteiger partial charge in [0, 0.05) is 49.0 Å². The molecule has 1 saturated heterocycles. The third-order valence-electron chi connectivity index (χ3n) is 6.50. The summed E-state index contributed by atoms with van der Waals surface area (Å²) in [7, 11) is -3.71. The van der Waals surface area contributed by atoms with E-state index >= 15 is 0 Å². The number of nitrogens with zero attached hydrogens (tertiary/aromatic N) is 3. The van der Waals surface area contributed by atoms with Crippen molar-refractivity contribution in [3.05, 3.63) is 57.0 Å². The van der Waals surface area contributed by atoms with Gasteiger partial charge in [-0.15, -0.1) is 11.3 Å². The molecule has 202 valence electrons. The summed E-state index contributed by atoms with van der Waals surface area (Å²) in [4.78, 5) is 33.0. The third kappa shape index (κ3) is 5.57. The van der Waals surface area contributed by atoms with Crippen LogP contribution in [0, 0.1) is 0 Å². The van der Waals surface area contributed by atoms with E-state index in [1.165, 1.54) is 15.6 Å². The van der Waals surface area contributed by atoms with E-state index in [0.717, 1.165) is 21.3 Å². The molecule has 1 atom stereocenters. The van der Waals surface area contributed by atoms with E-state index in [9.17, 15) is 18.0 Å². The summed E-state index contributed by atoms with van der Waals surface area (Å²) in [5.41, 5.74) is 0.146. The maximum absolute atomic E-state index is 13.3. The zero-order valence-corrected chi connectivity index (χ0v) is 23.8. The molecule has 3 heterocycles. The molecule has 0 radical (unpaired) electrons. The summed E-state index contributed by atoms with van der Waals surface area (Å²) in [5, 5.41) is 5.78. The summed E-state index contributed by atoms with van der Waals surface area (Å²) in [6.07, 6.45) is 0.359. The SMILES string of the molecule is CC(C)(C)OC(=O)C1Cc2nc(C(=O)N3CCN(S(=O)(=O)c4ccc5cc(Cl)ccc5c4)CC3)sc2CN1. The Hall–Kier alpha value is -2.57. The number of thiazole rings is 1. The standard InChI is InChI=1S/C26H29ClN4O5S2/c1-26(2,3)36-25(33)21-14-20-22(15-28-21)37-23(29-20)24(32)30-8-10-31(11-9-30)38(34,35)19-7-5-16-12-18(27)6-4-17(16)13-19/h4-7,12-13,21,28H,8-11,14-15H2,1-3H3. The van der Waals surface area contributed by atoms with Crippen LogP contribution in [0.3, 0.4) is 0 Å². The summed E-state index contributed by atoms with van der Waals surface area (Å²) < 4.78 is 33.5. The first-order valence-electron chi connectivity index (χ1n) is 12.3. The van der Waals surface area contributed by atoms with Gasteiger partial charge in [-0.05, 0) is 55.8 Å². The zero-order chi connectivity index (χ0) is 27.2. The van der Waals surface area contributed by atoms with Crippen LogP contribution >= 0.6 is 22.9 Å². The highest BCUT2D eigenvalue weighted by atomic mass is 35.5. The van der Waals surface area contributed by atoms with Crippen molar-refractivity contribution >= 4 is 55.6 Å². The van der Waals surface area contributed by atoms with E-state index in [1.54, 1.807) is 41.3 Å². The van der Waals surface area contributed by atoms with Crippen LogP contribution < -0.4 is 5.32 Å². The summed E-state index contributed by atoms with van der Waals surface area (Å²) in [6.45, 7) is 6.83. The van der Waals surface area contributed by atoms with Gasteiger partial charge in [0.2, 0.25) is 10.0 Å². The average molecular weight is 577 g/mol. The predicted octanol–water partition coefficient (Wildman–Crippen LogP) is 3.45. The smallest absolute Gasteiger partial charge is 0.324 e. The minimum Gasteiger partial charge on any atom is -0.459 e. The van der Waals surface area contributed by atoms with Crippen molar-refractivity contribution in [3.8, 4) is 0 Å². The Kier molecular flexibility index (Phi) is 7.25. The number of aromatic nitrogens is 1. The van der Waals surface area contributed by atoms with Crippen LogP contribution in [0.4, 0.5) is 0 Å². The fraction of sp³-hybridized carbons (Fsp3) is 0.423. The number of nitrogens with one attached hydrogen (secondary N) is 1. The number of hydrogen-bond acceptors (Lipinski definition) is 8. The van der Waals surface area contributed by atoms with Crippen molar-refractivity contribution in [3.63, 3.8) is 0 Å². The number of amides is 1. The molecule has 38 heavy (non-hydrogen) atoms. The van der Waals surface area contributed by atoms with E-state index < -0.39 is 21.7 Å². The number of piperazine rings is 1. The highest BCUT2D eigenvalue weighted by molar-refractivity contribution is 7.89. The van der Waals surface area contributed by atoms with Crippen LogP contribution in [0.5, 0.6) is 0 Å². The van der Waals surface area contributed by atoms with Crippen molar-refractivity contribution in [2.75, 3.05) is 26.2 Å². The monoisotopic (exact) mass is 576 g/mol. The number of carbonyl (C=O) groups excluding carboxylic acids is 2. The predicted molar refractivity (Wildman–Crippen MR) is 146 cm³/mol. The molecule has 2 aromatic carbocycles. The van der Waals surface area contributed by atoms with Crippen LogP contribution in [0.2, 0.25) is 5.02 Å². The molecule has 2 aliphatic heterocycles. The molecule has 0 spiro atoms. The minimum absolute atomic E-state index is 0.195. The molecular formula is C26H29ClN4O5S2. The maximum Gasteiger partial charge on any atom is 0.324 e. The molecule has 9 nitrogen and oxygen atoms in total. The number of halogens is 1. The number of hydrogen-bond donors (Lipinski definition) is 1. The highest BCUT2D eigenvalue weighted by Crippen LogP contribution is 2.28. The van der Waals surface area contributed by atoms with Gasteiger partial charge in [-0.1, -0.05) is 23.7 Å². The van der Waals surface area contributed by atoms with Crippen LogP contribution in [0.1, 0.15) is 41.1 Å². The van der Waals surface area contributed by atoms with E-state index in [0.29, 0.717) is 23.0 Å². The van der Waals surface area contributed by atoms with Gasteiger partial charge in [0.1, 0.15) is 11.6 Å². The second kappa shape index (κ2) is 10.2. The number of carbonyl (C=O) groups is 2. The molecule has 12 heteroatoms. The van der Waals surface area contributed by atoms with Gasteiger partial charge < -0.3 is 9.64 Å². The van der Waals surface area contributed by atoms with Gasteiger partial charge in [-0.3, -0.25) is 14.9 Å². The van der Waals surface area contributed by atoms with Gasteiger partial charge in [-0.2, -0.15) is 4.31 Å². The fourth-order valence-corrected chi connectivity index (χ4v) is 7.21. The Bertz CT molecular complexity index is 1510. The molecule has 1 N–H and O–H groups in total. The van der Waals surface area contributed by atoms with Crippen molar-refractivity contribution in [1.82, 2.24) is 19.5 Å². The molecule has 1 fully saturated rings. The molecule has 0 bridgehead atoms. The Labute approximate surface area is 230 Å². The second-order valence-electron chi connectivity index (χ2n) is 10.4. The number of esters is 1. The van der Waals surface area contributed by atoms with Crippen molar-refractivity contribution in [2.45, 2.75) is 50.3 Å². The largest absolute Gasteiger partial charge is 0.459 e. The van der Waals surface area contributed by atoms with Crippen LogP contribution in [-0.2, 0) is 32.5 Å². The molecule has 2 aliphatic rings. The zero-order valence-electron chi connectivity index (χ0n) is 21.4. The molecular weight excluding hydrogens is 548 g/mol. The Balaban J connectivity index is 1.23. The van der Waals surface area contributed by atoms with Gasteiger partial charge in [-0.25, -0.2) is 13.4 Å². The van der Waals surface area contributed by atoms with Crippen LogP contribution in [-0.4, -0.2) is 72.3 Å². The Morgan fingerprint density at radius 3 is 2.47 bits per heavy atom. The molecule has 3 aromatic rings. The first-order valence-corrected chi connectivity index (χ1v) is 15.0. The van der Waals surface area contributed by atoms with E-state index in [1.807, 2.05) is 20.8 Å². The second-order valence-corrected chi connectivity index (χ2v) is 13.9. The maximum atomic E-state index is 13.3. The normalized spacial score (nSPS) is 18.8. The quantitative estimate of drug-likeness (QED) is 0.474. The molecule has 1 amide bonds. The van der Waals surface area contributed by atoms with Crippen LogP contribution in [0.15, 0.2) is 41.3 Å². The fourth-order valence-electron chi connectivity index (χ4n) is 4.56. The summed E-state index contributed by atoms with van der Waals surface area (Å²) in [6, 6.07) is 9.80. The van der Waals surface area contributed by atoms with Crippen molar-refractivity contribution in [1.29, 1.82) is 0 Å². The lowest BCUT2D eigenvalue weighted by atomic mass is 10.1. The van der Waals surface area contributed by atoms with E-state index in [-0.39, 0.29) is 43.0 Å². The Morgan fingerprint density at radius 1 is 1.08 bits per heavy atom. The van der Waals surface area contributed by atoms with Gasteiger partial charge in [0.15, 0.2) is 5.01 Å². The van der Waals surface area contributed by atoms with Crippen LogP contribution in [0.25, 0.3) is 10.8 Å². The lowest BCUT2D eigenvalue weighted by Crippen LogP contribution is -2.50.